The topological polar surface area (TPSA) is 37.8 Å². The molecule has 4 rings (SSSR count). The Morgan fingerprint density at radius 1 is 1.22 bits per heavy atom. The first-order valence-corrected chi connectivity index (χ1v) is 6.51. The first kappa shape index (κ1) is 10.1. The van der Waals surface area contributed by atoms with Crippen LogP contribution in [0.5, 0.6) is 0 Å². The monoisotopic (exact) mass is 237 g/mol. The Labute approximate surface area is 106 Å². The van der Waals surface area contributed by atoms with Crippen LogP contribution in [0.1, 0.15) is 17.0 Å². The molecule has 0 saturated heterocycles. The largest absolute Gasteiger partial charge is 0.368 e. The summed E-state index contributed by atoms with van der Waals surface area (Å²) in [6, 6.07) is 8.88. The van der Waals surface area contributed by atoms with E-state index in [1.807, 2.05) is 0 Å². The number of hydrogen-bond donors (Lipinski definition) is 1. The molecule has 1 aromatic carbocycles. The van der Waals surface area contributed by atoms with Crippen molar-refractivity contribution in [1.29, 1.82) is 0 Å². The zero-order chi connectivity index (χ0) is 11.9. The van der Waals surface area contributed by atoms with E-state index in [4.69, 9.17) is 0 Å². The first-order valence-electron chi connectivity index (χ1n) is 6.51. The van der Waals surface area contributed by atoms with Crippen molar-refractivity contribution in [2.45, 2.75) is 12.3 Å². The second-order valence-electron chi connectivity index (χ2n) is 5.23. The normalized spacial score (nSPS) is 27.4. The van der Waals surface area contributed by atoms with Crippen LogP contribution in [0.15, 0.2) is 42.9 Å². The fourth-order valence-corrected chi connectivity index (χ4v) is 3.37. The number of fused-ring (bicyclic) bond motifs is 3. The Morgan fingerprint density at radius 2 is 2.17 bits per heavy atom. The number of rotatable bonds is 3. The molecule has 1 heterocycles. The van der Waals surface area contributed by atoms with Crippen LogP contribution < -0.4 is 5.32 Å². The van der Waals surface area contributed by atoms with Crippen molar-refractivity contribution in [2.24, 2.45) is 11.8 Å². The highest BCUT2D eigenvalue weighted by Gasteiger charge is 2.54. The lowest BCUT2D eigenvalue weighted by Crippen LogP contribution is -2.09. The van der Waals surface area contributed by atoms with E-state index in [-0.39, 0.29) is 0 Å². The Balaban J connectivity index is 1.43. The van der Waals surface area contributed by atoms with E-state index in [1.54, 1.807) is 29.7 Å². The van der Waals surface area contributed by atoms with Gasteiger partial charge >= 0.3 is 0 Å². The number of anilines is 1. The van der Waals surface area contributed by atoms with Gasteiger partial charge in [-0.05, 0) is 35.3 Å². The van der Waals surface area contributed by atoms with Crippen LogP contribution in [0.2, 0.25) is 0 Å². The van der Waals surface area contributed by atoms with Gasteiger partial charge in [-0.25, -0.2) is 4.98 Å². The van der Waals surface area contributed by atoms with Crippen LogP contribution in [0.4, 0.5) is 5.82 Å². The van der Waals surface area contributed by atoms with E-state index in [1.165, 1.54) is 6.42 Å². The van der Waals surface area contributed by atoms with Crippen LogP contribution in [0.25, 0.3) is 0 Å². The predicted molar refractivity (Wildman–Crippen MR) is 70.4 cm³/mol. The SMILES string of the molecule is c1ccc2c(c1)C[C@@H]1[C@@H](CNc3cnccn3)[C@@H]21. The van der Waals surface area contributed by atoms with Gasteiger partial charge in [-0.2, -0.15) is 0 Å². The van der Waals surface area contributed by atoms with Crippen LogP contribution in [-0.2, 0) is 6.42 Å². The molecule has 2 aromatic rings. The zero-order valence-corrected chi connectivity index (χ0v) is 10.1. The Morgan fingerprint density at radius 3 is 3.06 bits per heavy atom. The van der Waals surface area contributed by atoms with Crippen molar-refractivity contribution in [3.05, 3.63) is 54.0 Å². The molecular formula is C15H15N3. The second kappa shape index (κ2) is 3.80. The Hall–Kier alpha value is -1.90. The van der Waals surface area contributed by atoms with Gasteiger partial charge in [0.25, 0.3) is 0 Å². The molecular weight excluding hydrogens is 222 g/mol. The summed E-state index contributed by atoms with van der Waals surface area (Å²) in [7, 11) is 0. The molecule has 0 amide bonds. The van der Waals surface area contributed by atoms with Gasteiger partial charge in [0, 0.05) is 18.9 Å². The third kappa shape index (κ3) is 1.50. The maximum Gasteiger partial charge on any atom is 0.144 e. The number of aromatic nitrogens is 2. The minimum absolute atomic E-state index is 0.780. The van der Waals surface area contributed by atoms with Gasteiger partial charge in [-0.3, -0.25) is 4.98 Å². The molecule has 2 aliphatic rings. The minimum Gasteiger partial charge on any atom is -0.368 e. The van der Waals surface area contributed by atoms with E-state index in [9.17, 15) is 0 Å². The summed E-state index contributed by atoms with van der Waals surface area (Å²) < 4.78 is 0. The molecule has 0 unspecified atom stereocenters. The molecule has 18 heavy (non-hydrogen) atoms. The summed E-state index contributed by atoms with van der Waals surface area (Å²) in [4.78, 5) is 8.31. The van der Waals surface area contributed by atoms with Crippen molar-refractivity contribution < 1.29 is 0 Å². The third-order valence-corrected chi connectivity index (χ3v) is 4.28. The first-order chi connectivity index (χ1) is 8.93. The molecule has 0 spiro atoms. The molecule has 1 fully saturated rings. The molecule has 0 aliphatic heterocycles. The summed E-state index contributed by atoms with van der Waals surface area (Å²) >= 11 is 0. The highest BCUT2D eigenvalue weighted by Crippen LogP contribution is 2.61. The smallest absolute Gasteiger partial charge is 0.144 e. The maximum atomic E-state index is 4.24. The summed E-state index contributed by atoms with van der Waals surface area (Å²) in [5, 5.41) is 3.39. The van der Waals surface area contributed by atoms with Gasteiger partial charge in [0.2, 0.25) is 0 Å². The average Bonchev–Trinajstić information content (AvgIpc) is 2.97. The molecule has 0 bridgehead atoms. The van der Waals surface area contributed by atoms with Crippen molar-refractivity contribution in [2.75, 3.05) is 11.9 Å². The van der Waals surface area contributed by atoms with Crippen LogP contribution in [0, 0.1) is 11.8 Å². The summed E-state index contributed by atoms with van der Waals surface area (Å²) in [6.07, 6.45) is 6.47. The van der Waals surface area contributed by atoms with E-state index in [0.717, 1.165) is 30.1 Å². The van der Waals surface area contributed by atoms with E-state index in [2.05, 4.69) is 39.6 Å². The summed E-state index contributed by atoms with van der Waals surface area (Å²) in [6.45, 7) is 1.02. The van der Waals surface area contributed by atoms with Crippen molar-refractivity contribution in [1.82, 2.24) is 9.97 Å². The maximum absolute atomic E-state index is 4.24. The van der Waals surface area contributed by atoms with Gasteiger partial charge in [-0.1, -0.05) is 24.3 Å². The second-order valence-corrected chi connectivity index (χ2v) is 5.23. The number of hydrogen-bond acceptors (Lipinski definition) is 3. The Bertz CT molecular complexity index is 567. The Kier molecular flexibility index (Phi) is 2.13. The standard InChI is InChI=1S/C15H15N3/c1-2-4-11-10(3-1)7-12-13(15(11)12)8-18-14-9-16-5-6-17-14/h1-6,9,12-13,15H,7-8H2,(H,17,18)/t12-,13-,15+/m1/s1. The number of nitrogens with zero attached hydrogens (tertiary/aromatic N) is 2. The summed E-state index contributed by atoms with van der Waals surface area (Å²) in [5.41, 5.74) is 3.14. The van der Waals surface area contributed by atoms with Crippen molar-refractivity contribution >= 4 is 5.82 Å². The third-order valence-electron chi connectivity index (χ3n) is 4.28. The number of benzene rings is 1. The molecule has 3 heteroatoms. The average molecular weight is 237 g/mol. The number of nitrogens with one attached hydrogen (secondary N) is 1. The van der Waals surface area contributed by atoms with Gasteiger partial charge in [0.05, 0.1) is 6.20 Å². The van der Waals surface area contributed by atoms with Crippen molar-refractivity contribution in [3.8, 4) is 0 Å². The molecule has 1 aromatic heterocycles. The van der Waals surface area contributed by atoms with E-state index < -0.39 is 0 Å². The van der Waals surface area contributed by atoms with Crippen LogP contribution >= 0.6 is 0 Å². The van der Waals surface area contributed by atoms with Gasteiger partial charge in [0.15, 0.2) is 0 Å². The lowest BCUT2D eigenvalue weighted by molar-refractivity contribution is 0.718. The van der Waals surface area contributed by atoms with E-state index >= 15 is 0 Å². The molecule has 1 saturated carbocycles. The summed E-state index contributed by atoms with van der Waals surface area (Å²) in [5.74, 6) is 3.30. The molecule has 3 atom stereocenters. The lowest BCUT2D eigenvalue weighted by Gasteiger charge is -2.08. The fraction of sp³-hybridized carbons (Fsp3) is 0.333. The van der Waals surface area contributed by atoms with E-state index in [0.29, 0.717) is 0 Å². The minimum atomic E-state index is 0.780. The lowest BCUT2D eigenvalue weighted by atomic mass is 10.0. The van der Waals surface area contributed by atoms with Gasteiger partial charge in [0.1, 0.15) is 5.82 Å². The molecule has 0 radical (unpaired) electrons. The highest BCUT2D eigenvalue weighted by atomic mass is 15.0. The molecule has 2 aliphatic carbocycles. The van der Waals surface area contributed by atoms with Gasteiger partial charge in [-0.15, -0.1) is 0 Å². The molecule has 90 valence electrons. The van der Waals surface area contributed by atoms with Crippen molar-refractivity contribution in [3.63, 3.8) is 0 Å². The molecule has 3 nitrogen and oxygen atoms in total. The molecule has 1 N–H and O–H groups in total. The highest BCUT2D eigenvalue weighted by molar-refractivity contribution is 5.44. The fourth-order valence-electron chi connectivity index (χ4n) is 3.37. The van der Waals surface area contributed by atoms with Crippen LogP contribution in [-0.4, -0.2) is 16.5 Å². The zero-order valence-electron chi connectivity index (χ0n) is 10.1. The quantitative estimate of drug-likeness (QED) is 0.891. The van der Waals surface area contributed by atoms with Crippen LogP contribution in [0.3, 0.4) is 0 Å². The predicted octanol–water partition coefficient (Wildman–Crippen LogP) is 2.47. The van der Waals surface area contributed by atoms with Gasteiger partial charge < -0.3 is 5.32 Å².